The van der Waals surface area contributed by atoms with E-state index in [1.54, 1.807) is 0 Å². The van der Waals surface area contributed by atoms with Gasteiger partial charge >= 0.3 is 12.2 Å². The van der Waals surface area contributed by atoms with E-state index in [2.05, 4.69) is 15.4 Å². The van der Waals surface area contributed by atoms with Crippen LogP contribution in [0.1, 0.15) is 5.56 Å². The predicted octanol–water partition coefficient (Wildman–Crippen LogP) is 1.06. The van der Waals surface area contributed by atoms with Gasteiger partial charge in [-0.25, -0.2) is 9.59 Å². The fourth-order valence-corrected chi connectivity index (χ4v) is 1.78. The lowest BCUT2D eigenvalue weighted by Crippen LogP contribution is -2.28. The summed E-state index contributed by atoms with van der Waals surface area (Å²) in [6.45, 7) is 1.67. The molecule has 0 aliphatic carbocycles. The third kappa shape index (κ3) is 4.50. The molecule has 0 saturated carbocycles. The number of amides is 2. The molecule has 1 atom stereocenters. The first-order valence-corrected chi connectivity index (χ1v) is 6.12. The Bertz CT molecular complexity index is 428. The zero-order valence-corrected chi connectivity index (χ0v) is 10.4. The van der Waals surface area contributed by atoms with Crippen LogP contribution in [0.2, 0.25) is 0 Å². The lowest BCUT2D eigenvalue weighted by molar-refractivity contribution is 0.176. The Balaban J connectivity index is 0.000000186. The van der Waals surface area contributed by atoms with Crippen LogP contribution in [0, 0.1) is 0 Å². The minimum atomic E-state index is -0.305. The summed E-state index contributed by atoms with van der Waals surface area (Å²) >= 11 is 0. The summed E-state index contributed by atoms with van der Waals surface area (Å²) in [5.74, 6) is 0. The molecule has 102 valence electrons. The highest BCUT2D eigenvalue weighted by Crippen LogP contribution is 2.06. The number of alkyl carbamates (subject to hydrolysis) is 2. The van der Waals surface area contributed by atoms with Gasteiger partial charge in [0.05, 0.1) is 12.6 Å². The Labute approximate surface area is 111 Å². The van der Waals surface area contributed by atoms with Crippen LogP contribution < -0.4 is 10.6 Å². The maximum Gasteiger partial charge on any atom is 0.407 e. The SMILES string of the molecule is O=C1NC(Cc2ccccc2)CO1.O=C1NCCO1. The fraction of sp³-hybridized carbons (Fsp3) is 0.385. The molecule has 2 amide bonds. The fourth-order valence-electron chi connectivity index (χ4n) is 1.78. The van der Waals surface area contributed by atoms with Crippen molar-refractivity contribution in [2.45, 2.75) is 12.5 Å². The van der Waals surface area contributed by atoms with Crippen molar-refractivity contribution >= 4 is 12.2 Å². The molecule has 2 saturated heterocycles. The maximum absolute atomic E-state index is 10.7. The first-order valence-electron chi connectivity index (χ1n) is 6.12. The average Bonchev–Trinajstić information content (AvgIpc) is 3.03. The van der Waals surface area contributed by atoms with Crippen molar-refractivity contribution in [2.75, 3.05) is 19.8 Å². The quantitative estimate of drug-likeness (QED) is 0.837. The van der Waals surface area contributed by atoms with Gasteiger partial charge in [-0.3, -0.25) is 0 Å². The monoisotopic (exact) mass is 264 g/mol. The molecule has 1 unspecified atom stereocenters. The number of carbonyl (C=O) groups excluding carboxylic acids is 2. The van der Waals surface area contributed by atoms with Crippen molar-refractivity contribution in [1.29, 1.82) is 0 Å². The number of nitrogens with one attached hydrogen (secondary N) is 2. The smallest absolute Gasteiger partial charge is 0.407 e. The van der Waals surface area contributed by atoms with Crippen molar-refractivity contribution in [1.82, 2.24) is 10.6 Å². The van der Waals surface area contributed by atoms with Gasteiger partial charge in [0.25, 0.3) is 0 Å². The van der Waals surface area contributed by atoms with Crippen molar-refractivity contribution in [3.8, 4) is 0 Å². The summed E-state index contributed by atoms with van der Waals surface area (Å²) < 4.78 is 9.19. The van der Waals surface area contributed by atoms with E-state index in [1.807, 2.05) is 30.3 Å². The van der Waals surface area contributed by atoms with Crippen LogP contribution >= 0.6 is 0 Å². The second-order valence-electron chi connectivity index (χ2n) is 4.19. The molecule has 2 fully saturated rings. The molecule has 6 heteroatoms. The summed E-state index contributed by atoms with van der Waals surface area (Å²) in [6, 6.07) is 10.2. The second-order valence-corrected chi connectivity index (χ2v) is 4.19. The van der Waals surface area contributed by atoms with Crippen LogP contribution in [0.15, 0.2) is 30.3 Å². The van der Waals surface area contributed by atoms with Gasteiger partial charge in [0, 0.05) is 0 Å². The Kier molecular flexibility index (Phi) is 4.60. The van der Waals surface area contributed by atoms with E-state index >= 15 is 0 Å². The minimum absolute atomic E-state index is 0.134. The predicted molar refractivity (Wildman–Crippen MR) is 67.8 cm³/mol. The van der Waals surface area contributed by atoms with Gasteiger partial charge in [-0.05, 0) is 12.0 Å². The standard InChI is InChI=1S/C10H11NO2.C3H5NO2/c12-10-11-9(7-13-10)6-8-4-2-1-3-5-8;5-3-4-1-2-6-3/h1-5,9H,6-7H2,(H,11,12);1-2H2,(H,4,5). The molecule has 1 aromatic rings. The third-order valence-corrected chi connectivity index (χ3v) is 2.67. The largest absolute Gasteiger partial charge is 0.448 e. The molecule has 2 aliphatic heterocycles. The Hall–Kier alpha value is -2.24. The molecule has 2 heterocycles. The number of hydrogen-bond donors (Lipinski definition) is 2. The Morgan fingerprint density at radius 1 is 1.11 bits per heavy atom. The lowest BCUT2D eigenvalue weighted by atomic mass is 10.1. The maximum atomic E-state index is 10.7. The number of rotatable bonds is 2. The van der Waals surface area contributed by atoms with E-state index in [-0.39, 0.29) is 18.2 Å². The summed E-state index contributed by atoms with van der Waals surface area (Å²) in [6.07, 6.45) is 0.239. The molecular formula is C13H16N2O4. The van der Waals surface area contributed by atoms with E-state index in [0.717, 1.165) is 6.42 Å². The number of carbonyl (C=O) groups is 2. The van der Waals surface area contributed by atoms with Gasteiger partial charge < -0.3 is 20.1 Å². The molecular weight excluding hydrogens is 248 g/mol. The minimum Gasteiger partial charge on any atom is -0.448 e. The molecule has 0 spiro atoms. The lowest BCUT2D eigenvalue weighted by Gasteiger charge is -2.05. The first kappa shape index (κ1) is 13.2. The highest BCUT2D eigenvalue weighted by atomic mass is 16.6. The van der Waals surface area contributed by atoms with E-state index in [4.69, 9.17) is 4.74 Å². The molecule has 2 aliphatic rings. The van der Waals surface area contributed by atoms with Crippen LogP contribution in [0.5, 0.6) is 0 Å². The number of benzene rings is 1. The van der Waals surface area contributed by atoms with Crippen LogP contribution in [-0.4, -0.2) is 38.0 Å². The van der Waals surface area contributed by atoms with Gasteiger partial charge in [-0.15, -0.1) is 0 Å². The Morgan fingerprint density at radius 3 is 2.37 bits per heavy atom. The van der Waals surface area contributed by atoms with Crippen LogP contribution in [-0.2, 0) is 15.9 Å². The summed E-state index contributed by atoms with van der Waals surface area (Å²) in [7, 11) is 0. The van der Waals surface area contributed by atoms with Gasteiger partial charge in [-0.2, -0.15) is 0 Å². The van der Waals surface area contributed by atoms with Gasteiger partial charge in [-0.1, -0.05) is 30.3 Å². The van der Waals surface area contributed by atoms with E-state index in [0.29, 0.717) is 19.8 Å². The highest BCUT2D eigenvalue weighted by molar-refractivity contribution is 5.69. The average molecular weight is 264 g/mol. The zero-order chi connectivity index (χ0) is 13.5. The molecule has 2 N–H and O–H groups in total. The van der Waals surface area contributed by atoms with Gasteiger partial charge in [0.1, 0.15) is 13.2 Å². The van der Waals surface area contributed by atoms with Crippen LogP contribution in [0.25, 0.3) is 0 Å². The van der Waals surface area contributed by atoms with Gasteiger partial charge in [0.2, 0.25) is 0 Å². The van der Waals surface area contributed by atoms with Crippen molar-refractivity contribution < 1.29 is 19.1 Å². The number of hydrogen-bond acceptors (Lipinski definition) is 4. The summed E-state index contributed by atoms with van der Waals surface area (Å²) in [5, 5.41) is 5.20. The molecule has 0 aromatic heterocycles. The Morgan fingerprint density at radius 2 is 1.89 bits per heavy atom. The summed E-state index contributed by atoms with van der Waals surface area (Å²) in [4.78, 5) is 20.6. The van der Waals surface area contributed by atoms with Crippen LogP contribution in [0.4, 0.5) is 9.59 Å². The molecule has 19 heavy (non-hydrogen) atoms. The van der Waals surface area contributed by atoms with Crippen molar-refractivity contribution in [3.63, 3.8) is 0 Å². The van der Waals surface area contributed by atoms with E-state index in [9.17, 15) is 9.59 Å². The highest BCUT2D eigenvalue weighted by Gasteiger charge is 2.21. The summed E-state index contributed by atoms with van der Waals surface area (Å²) in [5.41, 5.74) is 1.22. The molecule has 6 nitrogen and oxygen atoms in total. The molecule has 0 bridgehead atoms. The van der Waals surface area contributed by atoms with Crippen LogP contribution in [0.3, 0.4) is 0 Å². The topological polar surface area (TPSA) is 76.7 Å². The zero-order valence-electron chi connectivity index (χ0n) is 10.4. The van der Waals surface area contributed by atoms with E-state index in [1.165, 1.54) is 5.56 Å². The first-order chi connectivity index (χ1) is 9.24. The van der Waals surface area contributed by atoms with E-state index < -0.39 is 0 Å². The second kappa shape index (κ2) is 6.63. The number of ether oxygens (including phenoxy) is 2. The molecule has 3 rings (SSSR count). The van der Waals surface area contributed by atoms with Crippen molar-refractivity contribution in [2.24, 2.45) is 0 Å². The normalized spacial score (nSPS) is 20.5. The molecule has 0 radical (unpaired) electrons. The van der Waals surface area contributed by atoms with Crippen molar-refractivity contribution in [3.05, 3.63) is 35.9 Å². The van der Waals surface area contributed by atoms with Gasteiger partial charge in [0.15, 0.2) is 0 Å². The molecule has 1 aromatic carbocycles. The third-order valence-electron chi connectivity index (χ3n) is 2.67. The number of cyclic esters (lactones) is 2.